The number of rotatable bonds is 10. The van der Waals surface area contributed by atoms with Crippen LogP contribution in [-0.2, 0) is 17.6 Å². The molecule has 0 amide bonds. The summed E-state index contributed by atoms with van der Waals surface area (Å²) < 4.78 is 20.4. The Labute approximate surface area is 234 Å². The molecule has 204 valence electrons. The molecule has 3 aromatic carbocycles. The first-order valence-corrected chi connectivity index (χ1v) is 12.7. The number of carbonyl (C=O) groups is 3. The summed E-state index contributed by atoms with van der Waals surface area (Å²) in [5.74, 6) is -1.82. The normalized spacial score (nSPS) is 11.6. The van der Waals surface area contributed by atoms with Gasteiger partial charge in [0.05, 0.1) is 24.9 Å². The predicted molar refractivity (Wildman–Crippen MR) is 149 cm³/mol. The van der Waals surface area contributed by atoms with E-state index in [1.165, 1.54) is 55.1 Å². The number of hydrogen-bond donors (Lipinski definition) is 1. The zero-order valence-electron chi connectivity index (χ0n) is 21.7. The molecule has 0 saturated carbocycles. The molecular formula is C31H25ClFNO6. The Hall–Kier alpha value is -4.56. The molecule has 4 aromatic rings. The van der Waals surface area contributed by atoms with Gasteiger partial charge in [-0.1, -0.05) is 35.9 Å². The molecule has 0 aliphatic heterocycles. The lowest BCUT2D eigenvalue weighted by atomic mass is 9.95. The van der Waals surface area contributed by atoms with Gasteiger partial charge in [-0.05, 0) is 66.1 Å². The van der Waals surface area contributed by atoms with Gasteiger partial charge in [-0.15, -0.1) is 0 Å². The van der Waals surface area contributed by atoms with Crippen LogP contribution in [0.4, 0.5) is 4.39 Å². The molecule has 0 radical (unpaired) electrons. The quantitative estimate of drug-likeness (QED) is 0.245. The van der Waals surface area contributed by atoms with E-state index < -0.39 is 23.4 Å². The number of carboxylic acid groups (broad SMARTS) is 1. The number of ketones is 2. The van der Waals surface area contributed by atoms with E-state index in [1.807, 2.05) is 0 Å². The Kier molecular flexibility index (Phi) is 8.60. The number of carboxylic acids is 1. The summed E-state index contributed by atoms with van der Waals surface area (Å²) >= 11 is 6.20. The molecule has 0 spiro atoms. The second kappa shape index (κ2) is 12.1. The minimum absolute atomic E-state index is 0.0783. The van der Waals surface area contributed by atoms with Crippen molar-refractivity contribution in [3.05, 3.63) is 122 Å². The molecule has 0 saturated heterocycles. The monoisotopic (exact) mass is 561 g/mol. The minimum atomic E-state index is -1.08. The number of halogens is 2. The number of benzene rings is 3. The summed E-state index contributed by atoms with van der Waals surface area (Å²) in [5.41, 5.74) is 1.87. The molecule has 1 aromatic heterocycles. The average molecular weight is 562 g/mol. The zero-order valence-corrected chi connectivity index (χ0v) is 22.4. The van der Waals surface area contributed by atoms with E-state index in [1.54, 1.807) is 42.5 Å². The Bertz CT molecular complexity index is 1640. The molecule has 1 N–H and O–H groups in total. The van der Waals surface area contributed by atoms with Crippen LogP contribution in [0.2, 0.25) is 5.02 Å². The second-order valence-electron chi connectivity index (χ2n) is 9.24. The fraction of sp³-hybridized carbons (Fsp3) is 0.161. The van der Waals surface area contributed by atoms with Gasteiger partial charge < -0.3 is 14.4 Å². The van der Waals surface area contributed by atoms with Crippen LogP contribution in [0.5, 0.6) is 5.75 Å². The zero-order chi connectivity index (χ0) is 29.0. The number of pyridine rings is 1. The molecule has 1 atom stereocenters. The minimum Gasteiger partial charge on any atom is -0.495 e. The van der Waals surface area contributed by atoms with Crippen molar-refractivity contribution in [2.75, 3.05) is 7.11 Å². The van der Waals surface area contributed by atoms with Gasteiger partial charge in [-0.3, -0.25) is 14.4 Å². The van der Waals surface area contributed by atoms with Gasteiger partial charge >= 0.3 is 5.97 Å². The van der Waals surface area contributed by atoms with E-state index in [0.29, 0.717) is 32.8 Å². The fourth-order valence-electron chi connectivity index (χ4n) is 4.49. The summed E-state index contributed by atoms with van der Waals surface area (Å²) in [6.45, 7) is 1.40. The maximum Gasteiger partial charge on any atom is 0.335 e. The maximum absolute atomic E-state index is 13.6. The standard InChI is InChI=1S/C31H25ClFNO6/c1-18(35)24-12-9-22(32)15-25(24)26-16-30(37)34(17-29(26)40-2)27(13-19-5-10-23(33)11-6-19)28(36)14-20-3-7-21(8-4-20)31(38)39/h3-12,15-17,27H,13-14H2,1-2H3,(H,38,39). The van der Waals surface area contributed by atoms with Crippen LogP contribution in [0.25, 0.3) is 11.1 Å². The largest absolute Gasteiger partial charge is 0.495 e. The molecule has 1 heterocycles. The summed E-state index contributed by atoms with van der Waals surface area (Å²) in [6, 6.07) is 16.6. The van der Waals surface area contributed by atoms with Crippen molar-refractivity contribution in [3.63, 3.8) is 0 Å². The third kappa shape index (κ3) is 6.35. The molecule has 0 aliphatic carbocycles. The highest BCUT2D eigenvalue weighted by Crippen LogP contribution is 2.34. The number of carbonyl (C=O) groups excluding carboxylic acids is 2. The first-order valence-electron chi connectivity index (χ1n) is 12.3. The van der Waals surface area contributed by atoms with Crippen LogP contribution in [-0.4, -0.2) is 34.3 Å². The number of nitrogens with zero attached hydrogens (tertiary/aromatic N) is 1. The fourth-order valence-corrected chi connectivity index (χ4v) is 4.66. The highest BCUT2D eigenvalue weighted by molar-refractivity contribution is 6.31. The molecule has 4 rings (SSSR count). The van der Waals surface area contributed by atoms with Crippen LogP contribution in [0, 0.1) is 5.82 Å². The molecule has 40 heavy (non-hydrogen) atoms. The number of aromatic nitrogens is 1. The van der Waals surface area contributed by atoms with Crippen LogP contribution in [0.1, 0.15) is 44.8 Å². The molecule has 0 bridgehead atoms. The smallest absolute Gasteiger partial charge is 0.335 e. The topological polar surface area (TPSA) is 103 Å². The number of aromatic carboxylic acids is 1. The van der Waals surface area contributed by atoms with Crippen molar-refractivity contribution in [1.29, 1.82) is 0 Å². The summed E-state index contributed by atoms with van der Waals surface area (Å²) in [4.78, 5) is 50.6. The molecule has 7 nitrogen and oxygen atoms in total. The number of methoxy groups -OCH3 is 1. The average Bonchev–Trinajstić information content (AvgIpc) is 2.92. The van der Waals surface area contributed by atoms with Crippen molar-refractivity contribution in [2.45, 2.75) is 25.8 Å². The Morgan fingerprint density at radius 3 is 2.20 bits per heavy atom. The van der Waals surface area contributed by atoms with Crippen molar-refractivity contribution in [3.8, 4) is 16.9 Å². The van der Waals surface area contributed by atoms with Gasteiger partial charge in [0.2, 0.25) is 0 Å². The van der Waals surface area contributed by atoms with Crippen molar-refractivity contribution in [2.24, 2.45) is 0 Å². The Balaban J connectivity index is 1.80. The van der Waals surface area contributed by atoms with E-state index in [2.05, 4.69) is 0 Å². The van der Waals surface area contributed by atoms with Gasteiger partial charge in [0.15, 0.2) is 11.6 Å². The first-order chi connectivity index (χ1) is 19.1. The number of Topliss-reactive ketones (excluding diaryl/α,β-unsaturated/α-hetero) is 2. The van der Waals surface area contributed by atoms with Crippen molar-refractivity contribution in [1.82, 2.24) is 4.57 Å². The van der Waals surface area contributed by atoms with E-state index in [9.17, 15) is 23.6 Å². The maximum atomic E-state index is 13.6. The molecule has 0 aliphatic rings. The van der Waals surface area contributed by atoms with E-state index >= 15 is 0 Å². The number of ether oxygens (including phenoxy) is 1. The predicted octanol–water partition coefficient (Wildman–Crippen LogP) is 5.81. The highest BCUT2D eigenvalue weighted by Gasteiger charge is 2.25. The van der Waals surface area contributed by atoms with E-state index in [0.717, 1.165) is 0 Å². The van der Waals surface area contributed by atoms with Crippen LogP contribution in [0.3, 0.4) is 0 Å². The molecular weight excluding hydrogens is 537 g/mol. The van der Waals surface area contributed by atoms with Gasteiger partial charge in [0.25, 0.3) is 5.56 Å². The van der Waals surface area contributed by atoms with Gasteiger partial charge in [-0.2, -0.15) is 0 Å². The van der Waals surface area contributed by atoms with Crippen LogP contribution >= 0.6 is 11.6 Å². The lowest BCUT2D eigenvalue weighted by Crippen LogP contribution is -2.32. The number of hydrogen-bond acceptors (Lipinski definition) is 5. The summed E-state index contributed by atoms with van der Waals surface area (Å²) in [6.07, 6.45) is 1.43. The van der Waals surface area contributed by atoms with Crippen LogP contribution < -0.4 is 10.3 Å². The summed E-state index contributed by atoms with van der Waals surface area (Å²) in [5, 5.41) is 9.52. The third-order valence-electron chi connectivity index (χ3n) is 6.54. The van der Waals surface area contributed by atoms with E-state index in [-0.39, 0.29) is 35.7 Å². The van der Waals surface area contributed by atoms with E-state index in [4.69, 9.17) is 21.4 Å². The molecule has 9 heteroatoms. The lowest BCUT2D eigenvalue weighted by molar-refractivity contribution is -0.121. The van der Waals surface area contributed by atoms with Crippen molar-refractivity contribution >= 4 is 29.1 Å². The van der Waals surface area contributed by atoms with Gasteiger partial charge in [0, 0.05) is 35.1 Å². The second-order valence-corrected chi connectivity index (χ2v) is 9.68. The third-order valence-corrected chi connectivity index (χ3v) is 6.78. The van der Waals surface area contributed by atoms with Crippen molar-refractivity contribution < 1.29 is 28.6 Å². The van der Waals surface area contributed by atoms with Gasteiger partial charge in [-0.25, -0.2) is 9.18 Å². The Morgan fingerprint density at radius 2 is 1.60 bits per heavy atom. The lowest BCUT2D eigenvalue weighted by Gasteiger charge is -2.22. The Morgan fingerprint density at radius 1 is 0.950 bits per heavy atom. The van der Waals surface area contributed by atoms with Gasteiger partial charge in [0.1, 0.15) is 11.6 Å². The SMILES string of the molecule is COc1cn(C(Cc2ccc(F)cc2)C(=O)Cc2ccc(C(=O)O)cc2)c(=O)cc1-c1cc(Cl)ccc1C(C)=O. The van der Waals surface area contributed by atoms with Crippen LogP contribution in [0.15, 0.2) is 83.8 Å². The summed E-state index contributed by atoms with van der Waals surface area (Å²) in [7, 11) is 1.41. The molecule has 0 fully saturated rings. The first kappa shape index (κ1) is 28.4. The highest BCUT2D eigenvalue weighted by atomic mass is 35.5. The molecule has 1 unspecified atom stereocenters.